The number of fused-ring (bicyclic) bond motifs is 1. The minimum atomic E-state index is -0.926. The third kappa shape index (κ3) is 4.33. The highest BCUT2D eigenvalue weighted by atomic mass is 35.5. The molecule has 3 N–H and O–H groups in total. The van der Waals surface area contributed by atoms with Gasteiger partial charge in [-0.05, 0) is 48.6 Å². The molecule has 0 spiro atoms. The van der Waals surface area contributed by atoms with Crippen molar-refractivity contribution in [3.8, 4) is 0 Å². The molecule has 1 saturated carbocycles. The summed E-state index contributed by atoms with van der Waals surface area (Å²) in [6.45, 7) is 0. The monoisotopic (exact) mass is 397 g/mol. The summed E-state index contributed by atoms with van der Waals surface area (Å²) in [5.74, 6) is 0. The fourth-order valence-electron chi connectivity index (χ4n) is 3.88. The van der Waals surface area contributed by atoms with Gasteiger partial charge in [-0.15, -0.1) is 0 Å². The van der Waals surface area contributed by atoms with Crippen molar-refractivity contribution in [2.45, 2.75) is 50.5 Å². The van der Waals surface area contributed by atoms with E-state index in [1.807, 2.05) is 36.4 Å². The van der Waals surface area contributed by atoms with Crippen LogP contribution in [0.1, 0.15) is 48.7 Å². The normalized spacial score (nSPS) is 21.0. The second kappa shape index (κ2) is 8.53. The highest BCUT2D eigenvalue weighted by molar-refractivity contribution is 6.29. The third-order valence-electron chi connectivity index (χ3n) is 5.39. The molecule has 2 aromatic heterocycles. The maximum Gasteiger partial charge on any atom is 0.148 e. The van der Waals surface area contributed by atoms with Gasteiger partial charge in [0.2, 0.25) is 0 Å². The number of nitrogens with zero attached hydrogens (tertiary/aromatic N) is 2. The quantitative estimate of drug-likeness (QED) is 0.451. The van der Waals surface area contributed by atoms with Crippen LogP contribution in [0.5, 0.6) is 0 Å². The molecule has 1 fully saturated rings. The minimum Gasteiger partial charge on any atom is -0.392 e. The van der Waals surface area contributed by atoms with Crippen molar-refractivity contribution in [1.82, 2.24) is 15.3 Å². The highest BCUT2D eigenvalue weighted by Gasteiger charge is 2.26. The van der Waals surface area contributed by atoms with Crippen molar-refractivity contribution in [2.75, 3.05) is 0 Å². The first-order chi connectivity index (χ1) is 13.6. The number of nitrogens with one attached hydrogen (secondary N) is 1. The zero-order valence-corrected chi connectivity index (χ0v) is 16.3. The molecular formula is C22H24ClN3O2. The van der Waals surface area contributed by atoms with Crippen LogP contribution in [0.15, 0.2) is 48.7 Å². The molecule has 0 amide bonds. The Balaban J connectivity index is 1.64. The Morgan fingerprint density at radius 2 is 1.96 bits per heavy atom. The number of hydrogen-bond acceptors (Lipinski definition) is 5. The Bertz CT molecular complexity index is 948. The Morgan fingerprint density at radius 1 is 1.14 bits per heavy atom. The second-order valence-corrected chi connectivity index (χ2v) is 7.80. The first-order valence-electron chi connectivity index (χ1n) is 9.71. The lowest BCUT2D eigenvalue weighted by molar-refractivity contribution is 0.0414. The molecular weight excluding hydrogens is 374 g/mol. The summed E-state index contributed by atoms with van der Waals surface area (Å²) < 4.78 is 0. The van der Waals surface area contributed by atoms with Gasteiger partial charge in [0, 0.05) is 17.6 Å². The SMILES string of the molecule is OC(NC1CCCCC1O)c1cc(Cc2ccc(Cl)nc2)c2ccccc2n1. The van der Waals surface area contributed by atoms with Gasteiger partial charge in [0.25, 0.3) is 0 Å². The molecule has 1 aliphatic rings. The number of para-hydroxylation sites is 1. The summed E-state index contributed by atoms with van der Waals surface area (Å²) in [7, 11) is 0. The van der Waals surface area contributed by atoms with E-state index in [1.165, 1.54) is 0 Å². The fraction of sp³-hybridized carbons (Fsp3) is 0.364. The first kappa shape index (κ1) is 19.3. The van der Waals surface area contributed by atoms with E-state index in [0.29, 0.717) is 17.3 Å². The number of rotatable bonds is 5. The zero-order chi connectivity index (χ0) is 19.5. The molecule has 4 rings (SSSR count). The van der Waals surface area contributed by atoms with Gasteiger partial charge in [-0.25, -0.2) is 9.97 Å². The van der Waals surface area contributed by atoms with Crippen molar-refractivity contribution >= 4 is 22.5 Å². The van der Waals surface area contributed by atoms with Crippen LogP contribution in [0.2, 0.25) is 5.15 Å². The summed E-state index contributed by atoms with van der Waals surface area (Å²) in [5, 5.41) is 25.6. The molecule has 2 heterocycles. The second-order valence-electron chi connectivity index (χ2n) is 7.42. The molecule has 1 aliphatic carbocycles. The summed E-state index contributed by atoms with van der Waals surface area (Å²) in [5.41, 5.74) is 3.50. The molecule has 6 heteroatoms. The number of pyridine rings is 2. The summed E-state index contributed by atoms with van der Waals surface area (Å²) >= 11 is 5.90. The molecule has 5 nitrogen and oxygen atoms in total. The number of halogens is 1. The lowest BCUT2D eigenvalue weighted by Gasteiger charge is -2.30. The lowest BCUT2D eigenvalue weighted by Crippen LogP contribution is -2.44. The molecule has 3 aromatic rings. The van der Waals surface area contributed by atoms with Crippen LogP contribution < -0.4 is 5.32 Å². The molecule has 0 saturated heterocycles. The molecule has 0 aliphatic heterocycles. The van der Waals surface area contributed by atoms with Gasteiger partial charge in [0.05, 0.1) is 17.3 Å². The van der Waals surface area contributed by atoms with Gasteiger partial charge in [-0.3, -0.25) is 5.32 Å². The topological polar surface area (TPSA) is 78.3 Å². The predicted molar refractivity (Wildman–Crippen MR) is 110 cm³/mol. The first-order valence-corrected chi connectivity index (χ1v) is 10.1. The Labute approximate surface area is 169 Å². The lowest BCUT2D eigenvalue weighted by atomic mass is 9.92. The maximum atomic E-state index is 10.8. The van der Waals surface area contributed by atoms with Gasteiger partial charge < -0.3 is 10.2 Å². The summed E-state index contributed by atoms with van der Waals surface area (Å²) in [6, 6.07) is 13.5. The molecule has 3 unspecified atom stereocenters. The van der Waals surface area contributed by atoms with Crippen molar-refractivity contribution in [3.05, 3.63) is 70.6 Å². The van der Waals surface area contributed by atoms with E-state index in [-0.39, 0.29) is 6.04 Å². The van der Waals surface area contributed by atoms with Crippen LogP contribution in [-0.2, 0) is 6.42 Å². The van der Waals surface area contributed by atoms with Crippen LogP contribution in [0.25, 0.3) is 10.9 Å². The average molecular weight is 398 g/mol. The van der Waals surface area contributed by atoms with E-state index in [0.717, 1.165) is 47.7 Å². The van der Waals surface area contributed by atoms with Crippen molar-refractivity contribution in [1.29, 1.82) is 0 Å². The van der Waals surface area contributed by atoms with Crippen molar-refractivity contribution in [2.24, 2.45) is 0 Å². The Kier molecular flexibility index (Phi) is 5.87. The van der Waals surface area contributed by atoms with Gasteiger partial charge >= 0.3 is 0 Å². The standard InChI is InChI=1S/C22H24ClN3O2/c23-21-10-9-14(13-24-21)11-15-12-19(25-17-6-2-1-5-16(15)17)22(28)26-18-7-3-4-8-20(18)27/h1-2,5-6,9-10,12-13,18,20,22,26-28H,3-4,7-8,11H2. The van der Waals surface area contributed by atoms with Crippen LogP contribution >= 0.6 is 11.6 Å². The fourth-order valence-corrected chi connectivity index (χ4v) is 3.99. The molecule has 1 aromatic carbocycles. The Morgan fingerprint density at radius 3 is 2.75 bits per heavy atom. The largest absolute Gasteiger partial charge is 0.392 e. The van der Waals surface area contributed by atoms with E-state index < -0.39 is 12.3 Å². The highest BCUT2D eigenvalue weighted by Crippen LogP contribution is 2.25. The number of hydrogen-bond donors (Lipinski definition) is 3. The number of benzene rings is 1. The van der Waals surface area contributed by atoms with Crippen molar-refractivity contribution < 1.29 is 10.2 Å². The third-order valence-corrected chi connectivity index (χ3v) is 5.61. The Hall–Kier alpha value is -2.05. The predicted octanol–water partition coefficient (Wildman–Crippen LogP) is 3.76. The van der Waals surface area contributed by atoms with Crippen LogP contribution in [0.3, 0.4) is 0 Å². The number of aliphatic hydroxyl groups is 2. The number of aromatic nitrogens is 2. The molecule has 0 radical (unpaired) electrons. The summed E-state index contributed by atoms with van der Waals surface area (Å²) in [4.78, 5) is 8.81. The molecule has 28 heavy (non-hydrogen) atoms. The van der Waals surface area contributed by atoms with E-state index in [9.17, 15) is 10.2 Å². The minimum absolute atomic E-state index is 0.110. The van der Waals surface area contributed by atoms with E-state index >= 15 is 0 Å². The van der Waals surface area contributed by atoms with Gasteiger partial charge in [-0.2, -0.15) is 0 Å². The smallest absolute Gasteiger partial charge is 0.148 e. The van der Waals surface area contributed by atoms with E-state index in [4.69, 9.17) is 11.6 Å². The zero-order valence-electron chi connectivity index (χ0n) is 15.6. The molecule has 3 atom stereocenters. The van der Waals surface area contributed by atoms with Gasteiger partial charge in [0.1, 0.15) is 11.4 Å². The maximum absolute atomic E-state index is 10.8. The summed E-state index contributed by atoms with van der Waals surface area (Å²) in [6.07, 6.45) is 4.79. The molecule has 0 bridgehead atoms. The van der Waals surface area contributed by atoms with Gasteiger partial charge in [0.15, 0.2) is 0 Å². The van der Waals surface area contributed by atoms with Crippen LogP contribution in [0, 0.1) is 0 Å². The number of aliphatic hydroxyl groups excluding tert-OH is 2. The van der Waals surface area contributed by atoms with Crippen LogP contribution in [0.4, 0.5) is 0 Å². The van der Waals surface area contributed by atoms with E-state index in [2.05, 4.69) is 15.3 Å². The van der Waals surface area contributed by atoms with Crippen LogP contribution in [-0.4, -0.2) is 32.3 Å². The van der Waals surface area contributed by atoms with E-state index in [1.54, 1.807) is 12.3 Å². The molecule has 146 valence electrons. The van der Waals surface area contributed by atoms with Crippen molar-refractivity contribution in [3.63, 3.8) is 0 Å². The van der Waals surface area contributed by atoms with Gasteiger partial charge in [-0.1, -0.05) is 48.7 Å². The average Bonchev–Trinajstić information content (AvgIpc) is 2.71.